The highest BCUT2D eigenvalue weighted by molar-refractivity contribution is 9.10. The first-order valence-electron chi connectivity index (χ1n) is 10.7. The quantitative estimate of drug-likeness (QED) is 0.546. The van der Waals surface area contributed by atoms with Crippen molar-refractivity contribution in [2.75, 3.05) is 6.61 Å². The summed E-state index contributed by atoms with van der Waals surface area (Å²) in [5.74, 6) is 1.03. The van der Waals surface area contributed by atoms with Crippen molar-refractivity contribution in [1.29, 1.82) is 0 Å². The van der Waals surface area contributed by atoms with Crippen LogP contribution in [0.25, 0.3) is 0 Å². The van der Waals surface area contributed by atoms with Gasteiger partial charge in [0.2, 0.25) is 0 Å². The second-order valence-corrected chi connectivity index (χ2v) is 9.22. The Hall–Kier alpha value is -1.03. The zero-order chi connectivity index (χ0) is 19.4. The van der Waals surface area contributed by atoms with Gasteiger partial charge in [0.05, 0.1) is 0 Å². The zero-order valence-corrected chi connectivity index (χ0v) is 18.7. The van der Waals surface area contributed by atoms with Gasteiger partial charge in [-0.15, -0.1) is 0 Å². The van der Waals surface area contributed by atoms with Crippen molar-refractivity contribution in [2.45, 2.75) is 97.1 Å². The highest BCUT2D eigenvalue weighted by atomic mass is 79.9. The first kappa shape index (κ1) is 20.7. The Labute approximate surface area is 173 Å². The van der Waals surface area contributed by atoms with E-state index < -0.39 is 0 Å². The number of hydrogen-bond acceptors (Lipinski definition) is 2. The van der Waals surface area contributed by atoms with E-state index in [1.54, 1.807) is 0 Å². The maximum atomic E-state index is 13.3. The number of nitrogens with zero attached hydrogens (tertiary/aromatic N) is 1. The van der Waals surface area contributed by atoms with Crippen LogP contribution in [0.5, 0.6) is 5.75 Å². The van der Waals surface area contributed by atoms with E-state index in [-0.39, 0.29) is 12.5 Å². The molecular formula is C23H34BrNO2. The largest absolute Gasteiger partial charge is 0.483 e. The maximum absolute atomic E-state index is 13.3. The molecule has 1 aromatic rings. The second kappa shape index (κ2) is 9.45. The molecule has 2 fully saturated rings. The van der Waals surface area contributed by atoms with Gasteiger partial charge in [0, 0.05) is 16.6 Å². The number of carbonyl (C=O) groups is 1. The van der Waals surface area contributed by atoms with Crippen molar-refractivity contribution >= 4 is 21.8 Å². The molecule has 27 heavy (non-hydrogen) atoms. The minimum Gasteiger partial charge on any atom is -0.483 e. The first-order chi connectivity index (χ1) is 13.0. The lowest BCUT2D eigenvalue weighted by atomic mass is 9.88. The Morgan fingerprint density at radius 3 is 2.00 bits per heavy atom. The Bertz CT molecular complexity index is 643. The summed E-state index contributed by atoms with van der Waals surface area (Å²) < 4.78 is 7.20. The number of aryl methyl sites for hydroxylation is 1. The molecule has 0 unspecified atom stereocenters. The third kappa shape index (κ3) is 4.88. The van der Waals surface area contributed by atoms with Crippen LogP contribution in [0.15, 0.2) is 10.5 Å². The van der Waals surface area contributed by atoms with Gasteiger partial charge in [0.15, 0.2) is 6.61 Å². The lowest BCUT2D eigenvalue weighted by Crippen LogP contribution is -2.50. The highest BCUT2D eigenvalue weighted by Gasteiger charge is 2.32. The molecule has 2 aliphatic carbocycles. The molecule has 0 saturated heterocycles. The van der Waals surface area contributed by atoms with Crippen molar-refractivity contribution in [1.82, 2.24) is 4.90 Å². The molecule has 3 rings (SSSR count). The lowest BCUT2D eigenvalue weighted by Gasteiger charge is -2.41. The van der Waals surface area contributed by atoms with Gasteiger partial charge in [-0.05, 0) is 69.2 Å². The number of benzene rings is 1. The van der Waals surface area contributed by atoms with E-state index in [0.29, 0.717) is 12.1 Å². The molecule has 0 atom stereocenters. The van der Waals surface area contributed by atoms with Gasteiger partial charge >= 0.3 is 0 Å². The van der Waals surface area contributed by atoms with E-state index in [1.807, 2.05) is 6.07 Å². The van der Waals surface area contributed by atoms with Crippen LogP contribution in [0, 0.1) is 20.8 Å². The minimum atomic E-state index is 0.161. The predicted molar refractivity (Wildman–Crippen MR) is 114 cm³/mol. The Morgan fingerprint density at radius 1 is 0.963 bits per heavy atom. The number of carbonyl (C=O) groups excluding carboxylic acids is 1. The normalized spacial score (nSPS) is 19.1. The summed E-state index contributed by atoms with van der Waals surface area (Å²) in [6.45, 7) is 6.40. The second-order valence-electron chi connectivity index (χ2n) is 8.43. The molecule has 1 aromatic carbocycles. The summed E-state index contributed by atoms with van der Waals surface area (Å²) in [5, 5.41) is 0. The maximum Gasteiger partial charge on any atom is 0.261 e. The molecule has 4 heteroatoms. The Balaban J connectivity index is 1.72. The molecule has 2 saturated carbocycles. The molecular weight excluding hydrogens is 402 g/mol. The smallest absolute Gasteiger partial charge is 0.261 e. The average molecular weight is 436 g/mol. The van der Waals surface area contributed by atoms with Gasteiger partial charge in [-0.25, -0.2) is 0 Å². The van der Waals surface area contributed by atoms with Crippen molar-refractivity contribution in [3.63, 3.8) is 0 Å². The van der Waals surface area contributed by atoms with Crippen LogP contribution in [0.2, 0.25) is 0 Å². The van der Waals surface area contributed by atoms with Gasteiger partial charge in [-0.3, -0.25) is 4.79 Å². The molecule has 0 aromatic heterocycles. The fraction of sp³-hybridized carbons (Fsp3) is 0.696. The minimum absolute atomic E-state index is 0.161. The van der Waals surface area contributed by atoms with Crippen LogP contribution in [0.4, 0.5) is 0 Å². The zero-order valence-electron chi connectivity index (χ0n) is 17.2. The molecule has 2 aliphatic rings. The number of ether oxygens (including phenoxy) is 1. The summed E-state index contributed by atoms with van der Waals surface area (Å²) in [4.78, 5) is 15.5. The van der Waals surface area contributed by atoms with E-state index in [4.69, 9.17) is 4.74 Å². The lowest BCUT2D eigenvalue weighted by molar-refractivity contribution is -0.140. The monoisotopic (exact) mass is 435 g/mol. The number of hydrogen-bond donors (Lipinski definition) is 0. The number of rotatable bonds is 5. The topological polar surface area (TPSA) is 29.5 Å². The van der Waals surface area contributed by atoms with E-state index in [2.05, 4.69) is 41.6 Å². The van der Waals surface area contributed by atoms with Crippen LogP contribution in [0.1, 0.15) is 80.9 Å². The van der Waals surface area contributed by atoms with E-state index in [1.165, 1.54) is 44.1 Å². The first-order valence-corrected chi connectivity index (χ1v) is 11.5. The van der Waals surface area contributed by atoms with Crippen LogP contribution in [-0.2, 0) is 4.79 Å². The SMILES string of the molecule is Cc1cc(OCC(=O)N(C2CCCCC2)C2CCCCC2)c(C)c(C)c1Br. The van der Waals surface area contributed by atoms with E-state index >= 15 is 0 Å². The summed E-state index contributed by atoms with van der Waals surface area (Å²) in [6, 6.07) is 2.89. The number of halogens is 1. The van der Waals surface area contributed by atoms with Gasteiger partial charge in [-0.2, -0.15) is 0 Å². The highest BCUT2D eigenvalue weighted by Crippen LogP contribution is 2.33. The van der Waals surface area contributed by atoms with Crippen LogP contribution >= 0.6 is 15.9 Å². The fourth-order valence-electron chi connectivity index (χ4n) is 4.80. The molecule has 0 radical (unpaired) electrons. The van der Waals surface area contributed by atoms with Crippen molar-refractivity contribution < 1.29 is 9.53 Å². The summed E-state index contributed by atoms with van der Waals surface area (Å²) >= 11 is 3.64. The fourth-order valence-corrected chi connectivity index (χ4v) is 5.21. The Kier molecular flexibility index (Phi) is 7.24. The summed E-state index contributed by atoms with van der Waals surface area (Å²) in [6.07, 6.45) is 12.3. The molecule has 0 heterocycles. The molecule has 0 spiro atoms. The molecule has 150 valence electrons. The molecule has 3 nitrogen and oxygen atoms in total. The predicted octanol–water partition coefficient (Wildman–Crippen LogP) is 6.25. The van der Waals surface area contributed by atoms with Gasteiger partial charge < -0.3 is 9.64 Å². The average Bonchev–Trinajstić information content (AvgIpc) is 2.70. The van der Waals surface area contributed by atoms with Gasteiger partial charge in [0.25, 0.3) is 5.91 Å². The molecule has 0 bridgehead atoms. The summed E-state index contributed by atoms with van der Waals surface area (Å²) in [5.41, 5.74) is 3.45. The van der Waals surface area contributed by atoms with Crippen molar-refractivity contribution in [2.24, 2.45) is 0 Å². The number of amides is 1. The van der Waals surface area contributed by atoms with Crippen molar-refractivity contribution in [3.05, 3.63) is 27.2 Å². The van der Waals surface area contributed by atoms with Crippen LogP contribution in [0.3, 0.4) is 0 Å². The molecule has 1 amide bonds. The van der Waals surface area contributed by atoms with Crippen LogP contribution in [-0.4, -0.2) is 29.5 Å². The van der Waals surface area contributed by atoms with Crippen molar-refractivity contribution in [3.8, 4) is 5.75 Å². The molecule has 0 aliphatic heterocycles. The van der Waals surface area contributed by atoms with Crippen LogP contribution < -0.4 is 4.74 Å². The third-order valence-corrected chi connectivity index (χ3v) is 7.75. The Morgan fingerprint density at radius 2 is 1.48 bits per heavy atom. The standard InChI is InChI=1S/C23H34BrNO2/c1-16-14-21(17(2)18(3)23(16)24)27-15-22(26)25(19-10-6-4-7-11-19)20-12-8-5-9-13-20/h14,19-20H,4-13,15H2,1-3H3. The van der Waals surface area contributed by atoms with Gasteiger partial charge in [0.1, 0.15) is 5.75 Å². The summed E-state index contributed by atoms with van der Waals surface area (Å²) in [7, 11) is 0. The van der Waals surface area contributed by atoms with E-state index in [0.717, 1.165) is 47.0 Å². The van der Waals surface area contributed by atoms with E-state index in [9.17, 15) is 4.79 Å². The third-order valence-electron chi connectivity index (χ3n) is 6.53. The molecule has 0 N–H and O–H groups in total. The van der Waals surface area contributed by atoms with Gasteiger partial charge in [-0.1, -0.05) is 54.5 Å².